The summed E-state index contributed by atoms with van der Waals surface area (Å²) in [5.41, 5.74) is 7.64. The summed E-state index contributed by atoms with van der Waals surface area (Å²) in [5.74, 6) is 0.447. The number of carbonyl (C=O) groups is 2. The third-order valence-corrected chi connectivity index (χ3v) is 4.44. The summed E-state index contributed by atoms with van der Waals surface area (Å²) in [4.78, 5) is 24.2. The zero-order valence-corrected chi connectivity index (χ0v) is 16.3. The second-order valence-corrected chi connectivity index (χ2v) is 7.01. The first-order valence-corrected chi connectivity index (χ1v) is 8.94. The van der Waals surface area contributed by atoms with E-state index in [1.165, 1.54) is 0 Å². The molecule has 1 aromatic heterocycles. The molecule has 0 bridgehead atoms. The highest BCUT2D eigenvalue weighted by Gasteiger charge is 2.28. The summed E-state index contributed by atoms with van der Waals surface area (Å²) in [6.45, 7) is 3.60. The summed E-state index contributed by atoms with van der Waals surface area (Å²) in [5, 5.41) is 10.1. The molecule has 146 valence electrons. The second-order valence-electron chi connectivity index (χ2n) is 7.01. The molecular weight excluding hydrogens is 366 g/mol. The highest BCUT2D eigenvalue weighted by atomic mass is 35.5. The van der Waals surface area contributed by atoms with Crippen LogP contribution in [0, 0.1) is 5.92 Å². The molecule has 1 aliphatic rings. The quantitative estimate of drug-likeness (QED) is 0.673. The van der Waals surface area contributed by atoms with Crippen molar-refractivity contribution in [2.45, 2.75) is 38.6 Å². The van der Waals surface area contributed by atoms with Gasteiger partial charge in [-0.05, 0) is 30.9 Å². The zero-order valence-electron chi connectivity index (χ0n) is 15.5. The lowest BCUT2D eigenvalue weighted by Gasteiger charge is -2.15. The Hall–Kier alpha value is -2.38. The van der Waals surface area contributed by atoms with Crippen molar-refractivity contribution >= 4 is 30.0 Å². The molecule has 0 aliphatic heterocycles. The minimum absolute atomic E-state index is 0. The van der Waals surface area contributed by atoms with E-state index in [0.717, 1.165) is 24.2 Å². The molecule has 1 aromatic carbocycles. The van der Waals surface area contributed by atoms with Crippen molar-refractivity contribution in [3.05, 3.63) is 42.1 Å². The van der Waals surface area contributed by atoms with Gasteiger partial charge in [0.15, 0.2) is 0 Å². The van der Waals surface area contributed by atoms with Gasteiger partial charge in [-0.1, -0.05) is 32.0 Å². The number of hydrogen-bond donors (Lipinski definition) is 3. The maximum Gasteiger partial charge on any atom is 0.244 e. The third-order valence-electron chi connectivity index (χ3n) is 4.44. The van der Waals surface area contributed by atoms with E-state index in [2.05, 4.69) is 15.7 Å². The number of halogens is 1. The molecule has 27 heavy (non-hydrogen) atoms. The summed E-state index contributed by atoms with van der Waals surface area (Å²) in [6.07, 6.45) is 2.25. The smallest absolute Gasteiger partial charge is 0.244 e. The number of nitrogens with two attached hydrogens (primary N) is 1. The lowest BCUT2D eigenvalue weighted by atomic mass is 10.1. The van der Waals surface area contributed by atoms with Crippen molar-refractivity contribution in [1.29, 1.82) is 0 Å². The Kier molecular flexibility index (Phi) is 6.98. The van der Waals surface area contributed by atoms with Gasteiger partial charge >= 0.3 is 0 Å². The van der Waals surface area contributed by atoms with Gasteiger partial charge in [-0.15, -0.1) is 12.4 Å². The fraction of sp³-hybridized carbons (Fsp3) is 0.421. The minimum Gasteiger partial charge on any atom is -0.346 e. The summed E-state index contributed by atoms with van der Waals surface area (Å²) in [7, 11) is 0. The first-order valence-electron chi connectivity index (χ1n) is 8.94. The molecule has 1 saturated carbocycles. The summed E-state index contributed by atoms with van der Waals surface area (Å²) in [6, 6.07) is 10.9. The van der Waals surface area contributed by atoms with Gasteiger partial charge in [0.25, 0.3) is 0 Å². The largest absolute Gasteiger partial charge is 0.346 e. The third kappa shape index (κ3) is 5.30. The molecule has 1 aliphatic carbocycles. The maximum atomic E-state index is 12.3. The minimum atomic E-state index is -0.626. The number of para-hydroxylation sites is 1. The summed E-state index contributed by atoms with van der Waals surface area (Å²) < 4.78 is 1.73. The fourth-order valence-electron chi connectivity index (χ4n) is 2.61. The van der Waals surface area contributed by atoms with Crippen LogP contribution in [-0.2, 0) is 9.59 Å². The lowest BCUT2D eigenvalue weighted by molar-refractivity contribution is -0.125. The molecule has 0 unspecified atom stereocenters. The molecule has 0 radical (unpaired) electrons. The van der Waals surface area contributed by atoms with Gasteiger partial charge in [-0.25, -0.2) is 4.68 Å². The molecule has 4 N–H and O–H groups in total. The van der Waals surface area contributed by atoms with E-state index in [4.69, 9.17) is 5.73 Å². The predicted octanol–water partition coefficient (Wildman–Crippen LogP) is 2.21. The molecular formula is C19H26ClN5O2. The van der Waals surface area contributed by atoms with Crippen molar-refractivity contribution in [1.82, 2.24) is 15.1 Å². The van der Waals surface area contributed by atoms with Crippen LogP contribution in [0.1, 0.15) is 38.3 Å². The van der Waals surface area contributed by atoms with Crippen molar-refractivity contribution in [3.63, 3.8) is 0 Å². The Labute approximate surface area is 165 Å². The van der Waals surface area contributed by atoms with Crippen LogP contribution in [0.25, 0.3) is 5.69 Å². The van der Waals surface area contributed by atoms with Gasteiger partial charge in [0.2, 0.25) is 11.8 Å². The Bertz CT molecular complexity index is 787. The Morgan fingerprint density at radius 1 is 1.26 bits per heavy atom. The molecule has 0 saturated heterocycles. The zero-order chi connectivity index (χ0) is 18.7. The number of amides is 2. The van der Waals surface area contributed by atoms with Crippen LogP contribution in [0.3, 0.4) is 0 Å². The standard InChI is InChI=1S/C19H25N5O2.ClH/c1-12(2)18(20)19(26)21-11-17(25)22-16-10-15(13-8-9-13)23-24(16)14-6-4-3-5-7-14;/h3-7,10,12-13,18H,8-9,11,20H2,1-2H3,(H,21,26)(H,22,25);1H/t18-;/m0./s1. The molecule has 1 atom stereocenters. The summed E-state index contributed by atoms with van der Waals surface area (Å²) >= 11 is 0. The van der Waals surface area contributed by atoms with E-state index < -0.39 is 6.04 Å². The molecule has 2 amide bonds. The number of nitrogens with zero attached hydrogens (tertiary/aromatic N) is 2. The lowest BCUT2D eigenvalue weighted by Crippen LogP contribution is -2.46. The van der Waals surface area contributed by atoms with Crippen LogP contribution < -0.4 is 16.4 Å². The van der Waals surface area contributed by atoms with E-state index in [1.54, 1.807) is 4.68 Å². The Balaban J connectivity index is 0.00000261. The van der Waals surface area contributed by atoms with Crippen LogP contribution in [0.15, 0.2) is 36.4 Å². The van der Waals surface area contributed by atoms with Crippen molar-refractivity contribution < 1.29 is 9.59 Å². The highest BCUT2D eigenvalue weighted by molar-refractivity contribution is 5.95. The topological polar surface area (TPSA) is 102 Å². The fourth-order valence-corrected chi connectivity index (χ4v) is 2.61. The number of benzene rings is 1. The van der Waals surface area contributed by atoms with Crippen LogP contribution in [0.2, 0.25) is 0 Å². The monoisotopic (exact) mass is 391 g/mol. The molecule has 3 rings (SSSR count). The molecule has 7 nitrogen and oxygen atoms in total. The van der Waals surface area contributed by atoms with Crippen LogP contribution in [-0.4, -0.2) is 34.2 Å². The molecule has 2 aromatic rings. The van der Waals surface area contributed by atoms with Crippen LogP contribution in [0.4, 0.5) is 5.82 Å². The van der Waals surface area contributed by atoms with Crippen molar-refractivity contribution in [3.8, 4) is 5.69 Å². The van der Waals surface area contributed by atoms with Gasteiger partial charge in [-0.2, -0.15) is 5.10 Å². The SMILES string of the molecule is CC(C)[C@H](N)C(=O)NCC(=O)Nc1cc(C2CC2)nn1-c1ccccc1.Cl. The van der Waals surface area contributed by atoms with E-state index in [9.17, 15) is 9.59 Å². The Morgan fingerprint density at radius 3 is 2.52 bits per heavy atom. The van der Waals surface area contributed by atoms with Crippen LogP contribution >= 0.6 is 12.4 Å². The van der Waals surface area contributed by atoms with Crippen molar-refractivity contribution in [2.75, 3.05) is 11.9 Å². The number of anilines is 1. The maximum absolute atomic E-state index is 12.3. The number of rotatable bonds is 7. The second kappa shape index (κ2) is 9.01. The van der Waals surface area contributed by atoms with Gasteiger partial charge in [-0.3, -0.25) is 9.59 Å². The average Bonchev–Trinajstić information content (AvgIpc) is 3.40. The average molecular weight is 392 g/mol. The number of nitrogens with one attached hydrogen (secondary N) is 2. The van der Waals surface area contributed by atoms with Crippen molar-refractivity contribution in [2.24, 2.45) is 11.7 Å². The number of aromatic nitrogens is 2. The van der Waals surface area contributed by atoms with E-state index in [-0.39, 0.29) is 36.7 Å². The van der Waals surface area contributed by atoms with Gasteiger partial charge in [0.05, 0.1) is 24.0 Å². The first-order chi connectivity index (χ1) is 12.5. The predicted molar refractivity (Wildman–Crippen MR) is 107 cm³/mol. The van der Waals surface area contributed by atoms with E-state index in [1.807, 2.05) is 50.2 Å². The molecule has 1 heterocycles. The number of carbonyl (C=O) groups excluding carboxylic acids is 2. The van der Waals surface area contributed by atoms with Gasteiger partial charge < -0.3 is 16.4 Å². The highest BCUT2D eigenvalue weighted by Crippen LogP contribution is 2.40. The molecule has 0 spiro atoms. The van der Waals surface area contributed by atoms with Gasteiger partial charge in [0.1, 0.15) is 5.82 Å². The molecule has 1 fully saturated rings. The van der Waals surface area contributed by atoms with Gasteiger partial charge in [0, 0.05) is 12.0 Å². The number of hydrogen-bond acceptors (Lipinski definition) is 4. The first kappa shape index (κ1) is 20.9. The Morgan fingerprint density at radius 2 is 1.93 bits per heavy atom. The molecule has 8 heteroatoms. The van der Waals surface area contributed by atoms with Crippen LogP contribution in [0.5, 0.6) is 0 Å². The normalized spacial score (nSPS) is 14.4. The van der Waals surface area contributed by atoms with E-state index in [0.29, 0.717) is 11.7 Å². The van der Waals surface area contributed by atoms with E-state index >= 15 is 0 Å².